The molecule has 4 heteroatoms. The number of hydrogen-bond acceptors (Lipinski definition) is 3. The zero-order valence-electron chi connectivity index (χ0n) is 11.1. The van der Waals surface area contributed by atoms with Crippen LogP contribution in [-0.2, 0) is 11.3 Å². The molecule has 0 aliphatic carbocycles. The molecule has 1 aromatic rings. The first-order chi connectivity index (χ1) is 9.17. The van der Waals surface area contributed by atoms with Gasteiger partial charge in [-0.3, -0.25) is 4.79 Å². The highest BCUT2D eigenvalue weighted by Gasteiger charge is 2.43. The van der Waals surface area contributed by atoms with Gasteiger partial charge in [0.05, 0.1) is 0 Å². The second-order valence-electron chi connectivity index (χ2n) is 5.84. The number of rotatable bonds is 2. The van der Waals surface area contributed by atoms with Crippen LogP contribution in [0.1, 0.15) is 24.8 Å². The van der Waals surface area contributed by atoms with Gasteiger partial charge in [0, 0.05) is 19.5 Å². The third kappa shape index (κ3) is 2.59. The fraction of sp³-hybridized carbons (Fsp3) is 0.533. The summed E-state index contributed by atoms with van der Waals surface area (Å²) >= 11 is 0. The van der Waals surface area contributed by atoms with Crippen LogP contribution in [0.5, 0.6) is 5.75 Å². The summed E-state index contributed by atoms with van der Waals surface area (Å²) in [5.74, 6) is 0.543. The standard InChI is InChI=1S/C15H20N2O2/c18-13-3-1-12(2-4-13)10-17-11-15(9-14(17)19)5-7-16-8-6-15/h1-4,16,18H,5-11H2. The van der Waals surface area contributed by atoms with Crippen molar-refractivity contribution in [3.05, 3.63) is 29.8 Å². The van der Waals surface area contributed by atoms with Crippen LogP contribution in [0.15, 0.2) is 24.3 Å². The van der Waals surface area contributed by atoms with E-state index in [1.807, 2.05) is 17.0 Å². The summed E-state index contributed by atoms with van der Waals surface area (Å²) in [4.78, 5) is 14.1. The van der Waals surface area contributed by atoms with Crippen LogP contribution in [0.3, 0.4) is 0 Å². The van der Waals surface area contributed by atoms with Gasteiger partial charge in [-0.1, -0.05) is 12.1 Å². The van der Waals surface area contributed by atoms with E-state index < -0.39 is 0 Å². The van der Waals surface area contributed by atoms with Gasteiger partial charge in [-0.05, 0) is 49.0 Å². The van der Waals surface area contributed by atoms with E-state index in [0.29, 0.717) is 13.0 Å². The number of nitrogens with one attached hydrogen (secondary N) is 1. The molecule has 0 radical (unpaired) electrons. The lowest BCUT2D eigenvalue weighted by Gasteiger charge is -2.33. The molecule has 2 heterocycles. The van der Waals surface area contributed by atoms with E-state index in [2.05, 4.69) is 5.32 Å². The molecule has 1 amide bonds. The molecule has 2 N–H and O–H groups in total. The monoisotopic (exact) mass is 260 g/mol. The number of benzene rings is 1. The summed E-state index contributed by atoms with van der Waals surface area (Å²) in [5.41, 5.74) is 1.29. The number of phenols is 1. The summed E-state index contributed by atoms with van der Waals surface area (Å²) in [6.45, 7) is 3.60. The molecule has 1 aromatic carbocycles. The highest BCUT2D eigenvalue weighted by Crippen LogP contribution is 2.39. The van der Waals surface area contributed by atoms with Crippen LogP contribution in [-0.4, -0.2) is 35.5 Å². The lowest BCUT2D eigenvalue weighted by atomic mass is 9.78. The summed E-state index contributed by atoms with van der Waals surface area (Å²) in [5, 5.41) is 12.6. The number of piperidine rings is 1. The Balaban J connectivity index is 1.68. The fourth-order valence-electron chi connectivity index (χ4n) is 3.24. The van der Waals surface area contributed by atoms with Crippen molar-refractivity contribution in [3.63, 3.8) is 0 Å². The van der Waals surface area contributed by atoms with Gasteiger partial charge in [0.1, 0.15) is 5.75 Å². The summed E-state index contributed by atoms with van der Waals surface area (Å²) in [6.07, 6.45) is 2.91. The molecule has 0 aromatic heterocycles. The maximum Gasteiger partial charge on any atom is 0.223 e. The van der Waals surface area contributed by atoms with Gasteiger partial charge in [-0.15, -0.1) is 0 Å². The van der Waals surface area contributed by atoms with Gasteiger partial charge in [-0.2, -0.15) is 0 Å². The number of nitrogens with zero attached hydrogens (tertiary/aromatic N) is 1. The average molecular weight is 260 g/mol. The van der Waals surface area contributed by atoms with Gasteiger partial charge >= 0.3 is 0 Å². The van der Waals surface area contributed by atoms with Crippen molar-refractivity contribution in [2.75, 3.05) is 19.6 Å². The van der Waals surface area contributed by atoms with E-state index in [-0.39, 0.29) is 17.1 Å². The molecule has 3 rings (SSSR count). The van der Waals surface area contributed by atoms with Crippen LogP contribution in [0.25, 0.3) is 0 Å². The highest BCUT2D eigenvalue weighted by molar-refractivity contribution is 5.79. The van der Waals surface area contributed by atoms with Crippen molar-refractivity contribution in [3.8, 4) is 5.75 Å². The Hall–Kier alpha value is -1.55. The smallest absolute Gasteiger partial charge is 0.223 e. The molecule has 1 spiro atoms. The normalized spacial score (nSPS) is 22.1. The van der Waals surface area contributed by atoms with Crippen LogP contribution in [0, 0.1) is 5.41 Å². The van der Waals surface area contributed by atoms with Gasteiger partial charge < -0.3 is 15.3 Å². The molecule has 0 atom stereocenters. The van der Waals surface area contributed by atoms with Crippen LogP contribution >= 0.6 is 0 Å². The lowest BCUT2D eigenvalue weighted by Crippen LogP contribution is -2.38. The van der Waals surface area contributed by atoms with Gasteiger partial charge in [0.25, 0.3) is 0 Å². The SMILES string of the molecule is O=C1CC2(CCNCC2)CN1Cc1ccc(O)cc1. The van der Waals surface area contributed by atoms with E-state index in [0.717, 1.165) is 38.0 Å². The van der Waals surface area contributed by atoms with Crippen molar-refractivity contribution >= 4 is 5.91 Å². The van der Waals surface area contributed by atoms with E-state index in [1.165, 1.54) is 0 Å². The maximum atomic E-state index is 12.2. The quantitative estimate of drug-likeness (QED) is 0.847. The average Bonchev–Trinajstić information content (AvgIpc) is 2.69. The summed E-state index contributed by atoms with van der Waals surface area (Å²) in [6, 6.07) is 7.12. The zero-order valence-corrected chi connectivity index (χ0v) is 11.1. The molecule has 2 aliphatic heterocycles. The number of aromatic hydroxyl groups is 1. The molecule has 102 valence electrons. The Kier molecular flexibility index (Phi) is 3.19. The first-order valence-corrected chi connectivity index (χ1v) is 6.93. The van der Waals surface area contributed by atoms with Crippen molar-refractivity contribution in [1.29, 1.82) is 0 Å². The minimum Gasteiger partial charge on any atom is -0.508 e. The Morgan fingerprint density at radius 1 is 1.21 bits per heavy atom. The molecule has 2 fully saturated rings. The van der Waals surface area contributed by atoms with E-state index in [1.54, 1.807) is 12.1 Å². The first-order valence-electron chi connectivity index (χ1n) is 6.93. The number of amides is 1. The molecule has 2 aliphatic rings. The minimum absolute atomic E-state index is 0.208. The highest BCUT2D eigenvalue weighted by atomic mass is 16.3. The van der Waals surface area contributed by atoms with Crippen LogP contribution in [0.2, 0.25) is 0 Å². The third-order valence-corrected chi connectivity index (χ3v) is 4.38. The Morgan fingerprint density at radius 3 is 2.58 bits per heavy atom. The first kappa shape index (κ1) is 12.5. The predicted molar refractivity (Wildman–Crippen MR) is 72.7 cm³/mol. The van der Waals surface area contributed by atoms with Gasteiger partial charge in [0.15, 0.2) is 0 Å². The molecular weight excluding hydrogens is 240 g/mol. The molecule has 0 bridgehead atoms. The van der Waals surface area contributed by atoms with E-state index in [9.17, 15) is 9.90 Å². The Morgan fingerprint density at radius 2 is 1.89 bits per heavy atom. The predicted octanol–water partition coefficient (Wildman–Crippen LogP) is 1.49. The molecule has 19 heavy (non-hydrogen) atoms. The second kappa shape index (κ2) is 4.85. The second-order valence-corrected chi connectivity index (χ2v) is 5.84. The summed E-state index contributed by atoms with van der Waals surface area (Å²) < 4.78 is 0. The minimum atomic E-state index is 0.208. The molecule has 0 saturated carbocycles. The largest absolute Gasteiger partial charge is 0.508 e. The van der Waals surface area contributed by atoms with Gasteiger partial charge in [0.2, 0.25) is 5.91 Å². The molecular formula is C15H20N2O2. The molecule has 0 unspecified atom stereocenters. The number of likely N-dealkylation sites (tertiary alicyclic amines) is 1. The number of hydrogen-bond donors (Lipinski definition) is 2. The molecule has 2 saturated heterocycles. The fourth-order valence-corrected chi connectivity index (χ4v) is 3.24. The third-order valence-electron chi connectivity index (χ3n) is 4.38. The number of phenolic OH excluding ortho intramolecular Hbond substituents is 1. The zero-order chi connectivity index (χ0) is 13.3. The van der Waals surface area contributed by atoms with E-state index >= 15 is 0 Å². The lowest BCUT2D eigenvalue weighted by molar-refractivity contribution is -0.128. The number of carbonyl (C=O) groups is 1. The Labute approximate surface area is 113 Å². The van der Waals surface area contributed by atoms with Crippen molar-refractivity contribution in [2.24, 2.45) is 5.41 Å². The van der Waals surface area contributed by atoms with Crippen molar-refractivity contribution in [2.45, 2.75) is 25.8 Å². The molecule has 4 nitrogen and oxygen atoms in total. The van der Waals surface area contributed by atoms with Crippen molar-refractivity contribution in [1.82, 2.24) is 10.2 Å². The van der Waals surface area contributed by atoms with Crippen LogP contribution in [0.4, 0.5) is 0 Å². The number of carbonyl (C=O) groups excluding carboxylic acids is 1. The van der Waals surface area contributed by atoms with Crippen LogP contribution < -0.4 is 5.32 Å². The van der Waals surface area contributed by atoms with Crippen molar-refractivity contribution < 1.29 is 9.90 Å². The summed E-state index contributed by atoms with van der Waals surface area (Å²) in [7, 11) is 0. The topological polar surface area (TPSA) is 52.6 Å². The maximum absolute atomic E-state index is 12.2. The van der Waals surface area contributed by atoms with E-state index in [4.69, 9.17) is 0 Å². The van der Waals surface area contributed by atoms with Gasteiger partial charge in [-0.25, -0.2) is 0 Å². The Bertz CT molecular complexity index is 464.